The lowest BCUT2D eigenvalue weighted by Crippen LogP contribution is -2.46. The Balaban J connectivity index is 1.18. The topological polar surface area (TPSA) is 81.8 Å². The van der Waals surface area contributed by atoms with E-state index in [2.05, 4.69) is 75.0 Å². The summed E-state index contributed by atoms with van der Waals surface area (Å²) in [6.45, 7) is 7.40. The Kier molecular flexibility index (Phi) is 11.6. The summed E-state index contributed by atoms with van der Waals surface area (Å²) >= 11 is 0. The van der Waals surface area contributed by atoms with Crippen molar-refractivity contribution in [3.05, 3.63) is 143 Å². The highest BCUT2D eigenvalue weighted by atomic mass is 16.2. The molecule has 236 valence electrons. The number of carbonyl (C=O) groups is 3. The summed E-state index contributed by atoms with van der Waals surface area (Å²) in [6, 6.07) is 35.3. The van der Waals surface area contributed by atoms with Crippen molar-refractivity contribution in [2.45, 2.75) is 32.5 Å². The van der Waals surface area contributed by atoms with Gasteiger partial charge in [-0.05, 0) is 40.3 Å². The lowest BCUT2D eigenvalue weighted by Gasteiger charge is -2.34. The normalized spacial score (nSPS) is 14.5. The Morgan fingerprint density at radius 2 is 1.22 bits per heavy atom. The van der Waals surface area contributed by atoms with Crippen molar-refractivity contribution < 1.29 is 14.4 Å². The van der Waals surface area contributed by atoms with Gasteiger partial charge < -0.3 is 10.6 Å². The monoisotopic (exact) mass is 614 g/mol. The second-order valence-corrected chi connectivity index (χ2v) is 11.8. The average molecular weight is 615 g/mol. The third kappa shape index (κ3) is 9.83. The van der Waals surface area contributed by atoms with E-state index in [4.69, 9.17) is 0 Å². The van der Waals surface area contributed by atoms with Gasteiger partial charge in [-0.2, -0.15) is 0 Å². The number of nitrogens with one attached hydrogen (secondary N) is 2. The summed E-state index contributed by atoms with van der Waals surface area (Å²) in [6.07, 6.45) is 4.27. The number of Topliss-reactive ketones (excluding diaryl/α,β-unsaturated/α-hetero) is 1. The maximum atomic E-state index is 13.5. The van der Waals surface area contributed by atoms with E-state index in [1.807, 2.05) is 60.7 Å². The number of nitrogens with zero attached hydrogens (tertiary/aromatic N) is 2. The van der Waals surface area contributed by atoms with Crippen LogP contribution in [0.5, 0.6) is 0 Å². The van der Waals surface area contributed by atoms with Gasteiger partial charge in [0.15, 0.2) is 5.78 Å². The molecule has 1 aliphatic heterocycles. The standard InChI is InChI=1S/C39H42N4O3/c1-30(44)40-27-38(45)37(26-32-10-4-2-5-11-32)41-39(46)36-15-9-8-14-35(36)21-20-31-16-18-34(19-17-31)29-43-24-22-42(23-25-43)28-33-12-6-3-7-13-33/h2-21,37H,22-29H2,1H3,(H,40,44)(H,41,46)/t37-/m0/s1. The van der Waals surface area contributed by atoms with Crippen molar-refractivity contribution in [1.29, 1.82) is 0 Å². The molecule has 2 N–H and O–H groups in total. The number of hydrogen-bond donors (Lipinski definition) is 2. The SMILES string of the molecule is CC(=O)NCC(=O)[C@H](Cc1ccccc1)NC(=O)c1ccccc1C=Cc1ccc(CN2CCN(Cc3ccccc3)CC2)cc1. The van der Waals surface area contributed by atoms with Gasteiger partial charge in [0.05, 0.1) is 12.6 Å². The molecule has 1 aliphatic rings. The molecule has 46 heavy (non-hydrogen) atoms. The Labute approximate surface area is 271 Å². The molecule has 1 atom stereocenters. The zero-order chi connectivity index (χ0) is 32.1. The van der Waals surface area contributed by atoms with Crippen LogP contribution in [-0.2, 0) is 29.1 Å². The Morgan fingerprint density at radius 3 is 1.83 bits per heavy atom. The lowest BCUT2D eigenvalue weighted by atomic mass is 10.00. The maximum Gasteiger partial charge on any atom is 0.252 e. The molecule has 2 amide bonds. The first-order valence-electron chi connectivity index (χ1n) is 15.9. The molecule has 0 bridgehead atoms. The van der Waals surface area contributed by atoms with Crippen LogP contribution in [0.4, 0.5) is 0 Å². The summed E-state index contributed by atoms with van der Waals surface area (Å²) in [5.41, 5.74) is 5.84. The van der Waals surface area contributed by atoms with Gasteiger partial charge in [-0.25, -0.2) is 0 Å². The van der Waals surface area contributed by atoms with Crippen molar-refractivity contribution in [2.24, 2.45) is 0 Å². The molecule has 1 saturated heterocycles. The minimum atomic E-state index is -0.779. The van der Waals surface area contributed by atoms with Crippen LogP contribution in [-0.4, -0.2) is 66.2 Å². The molecule has 7 heteroatoms. The molecule has 4 aromatic rings. The third-order valence-electron chi connectivity index (χ3n) is 8.25. The van der Waals surface area contributed by atoms with Crippen LogP contribution >= 0.6 is 0 Å². The van der Waals surface area contributed by atoms with Crippen LogP contribution in [0.1, 0.15) is 45.1 Å². The van der Waals surface area contributed by atoms with E-state index in [0.717, 1.165) is 56.0 Å². The number of amides is 2. The van der Waals surface area contributed by atoms with E-state index in [9.17, 15) is 14.4 Å². The first kappa shape index (κ1) is 32.5. The molecular formula is C39H42N4O3. The van der Waals surface area contributed by atoms with Crippen LogP contribution in [0.25, 0.3) is 12.2 Å². The molecule has 1 fully saturated rings. The molecule has 0 spiro atoms. The zero-order valence-electron chi connectivity index (χ0n) is 26.4. The van der Waals surface area contributed by atoms with Crippen molar-refractivity contribution in [3.63, 3.8) is 0 Å². The fraction of sp³-hybridized carbons (Fsp3) is 0.256. The summed E-state index contributed by atoms with van der Waals surface area (Å²) in [5.74, 6) is -0.884. The number of hydrogen-bond acceptors (Lipinski definition) is 5. The predicted octanol–water partition coefficient (Wildman–Crippen LogP) is 5.22. The van der Waals surface area contributed by atoms with Crippen molar-refractivity contribution in [2.75, 3.05) is 32.7 Å². The molecule has 4 aromatic carbocycles. The number of carbonyl (C=O) groups excluding carboxylic acids is 3. The van der Waals surface area contributed by atoms with Gasteiger partial charge in [0.1, 0.15) is 0 Å². The molecule has 0 aliphatic carbocycles. The molecule has 0 radical (unpaired) electrons. The van der Waals surface area contributed by atoms with Crippen LogP contribution in [0.15, 0.2) is 109 Å². The van der Waals surface area contributed by atoms with E-state index in [1.165, 1.54) is 18.1 Å². The number of rotatable bonds is 13. The molecular weight excluding hydrogens is 572 g/mol. The van der Waals surface area contributed by atoms with Gasteiger partial charge in [-0.1, -0.05) is 115 Å². The molecule has 1 heterocycles. The van der Waals surface area contributed by atoms with E-state index in [1.54, 1.807) is 6.07 Å². The van der Waals surface area contributed by atoms with Gasteiger partial charge in [0, 0.05) is 51.8 Å². The van der Waals surface area contributed by atoms with Gasteiger partial charge >= 0.3 is 0 Å². The number of ketones is 1. The zero-order valence-corrected chi connectivity index (χ0v) is 26.4. The highest BCUT2D eigenvalue weighted by Crippen LogP contribution is 2.17. The summed E-state index contributed by atoms with van der Waals surface area (Å²) in [4.78, 5) is 42.9. The van der Waals surface area contributed by atoms with E-state index in [-0.39, 0.29) is 24.1 Å². The van der Waals surface area contributed by atoms with Gasteiger partial charge in [0.2, 0.25) is 5.91 Å². The molecule has 0 unspecified atom stereocenters. The fourth-order valence-corrected chi connectivity index (χ4v) is 5.64. The van der Waals surface area contributed by atoms with E-state index >= 15 is 0 Å². The second-order valence-electron chi connectivity index (χ2n) is 11.8. The minimum Gasteiger partial charge on any atom is -0.349 e. The smallest absolute Gasteiger partial charge is 0.252 e. The second kappa shape index (κ2) is 16.5. The quantitative estimate of drug-likeness (QED) is 0.202. The van der Waals surface area contributed by atoms with Crippen LogP contribution in [0.3, 0.4) is 0 Å². The predicted molar refractivity (Wildman–Crippen MR) is 184 cm³/mol. The largest absolute Gasteiger partial charge is 0.349 e. The highest BCUT2D eigenvalue weighted by molar-refractivity contribution is 6.01. The summed E-state index contributed by atoms with van der Waals surface area (Å²) in [5, 5.41) is 5.48. The van der Waals surface area contributed by atoms with Gasteiger partial charge in [0.25, 0.3) is 5.91 Å². The number of piperazine rings is 1. The van der Waals surface area contributed by atoms with Gasteiger partial charge in [-0.15, -0.1) is 0 Å². The van der Waals surface area contributed by atoms with E-state index < -0.39 is 6.04 Å². The lowest BCUT2D eigenvalue weighted by molar-refractivity contribution is -0.124. The Morgan fingerprint density at radius 1 is 0.674 bits per heavy atom. The first-order chi connectivity index (χ1) is 22.4. The fourth-order valence-electron chi connectivity index (χ4n) is 5.64. The minimum absolute atomic E-state index is 0.144. The molecule has 0 saturated carbocycles. The Hall–Kier alpha value is -4.85. The van der Waals surface area contributed by atoms with Crippen LogP contribution < -0.4 is 10.6 Å². The first-order valence-corrected chi connectivity index (χ1v) is 15.9. The Bertz CT molecular complexity index is 1610. The van der Waals surface area contributed by atoms with Gasteiger partial charge in [-0.3, -0.25) is 24.2 Å². The molecule has 5 rings (SSSR count). The summed E-state index contributed by atoms with van der Waals surface area (Å²) in [7, 11) is 0. The van der Waals surface area contributed by atoms with Crippen LogP contribution in [0.2, 0.25) is 0 Å². The van der Waals surface area contributed by atoms with Crippen LogP contribution in [0, 0.1) is 0 Å². The highest BCUT2D eigenvalue weighted by Gasteiger charge is 2.23. The molecule has 7 nitrogen and oxygen atoms in total. The number of benzene rings is 4. The van der Waals surface area contributed by atoms with Crippen molar-refractivity contribution in [1.82, 2.24) is 20.4 Å². The summed E-state index contributed by atoms with van der Waals surface area (Å²) < 4.78 is 0. The third-order valence-corrected chi connectivity index (χ3v) is 8.25. The maximum absolute atomic E-state index is 13.5. The van der Waals surface area contributed by atoms with Crippen molar-refractivity contribution >= 4 is 29.7 Å². The molecule has 0 aromatic heterocycles. The average Bonchev–Trinajstić information content (AvgIpc) is 3.08. The van der Waals surface area contributed by atoms with E-state index in [0.29, 0.717) is 12.0 Å². The van der Waals surface area contributed by atoms with Crippen molar-refractivity contribution in [3.8, 4) is 0 Å².